The third kappa shape index (κ3) is 2.94. The molecule has 1 aliphatic carbocycles. The summed E-state index contributed by atoms with van der Waals surface area (Å²) in [4.78, 5) is 0. The van der Waals surface area contributed by atoms with E-state index >= 15 is 0 Å². The highest BCUT2D eigenvalue weighted by atomic mass is 16.3. The lowest BCUT2D eigenvalue weighted by atomic mass is 9.72. The van der Waals surface area contributed by atoms with Gasteiger partial charge in [0, 0.05) is 6.61 Å². The minimum absolute atomic E-state index is 0.414. The molecule has 0 aromatic heterocycles. The molecule has 1 aliphatic heterocycles. The third-order valence-electron chi connectivity index (χ3n) is 4.41. The van der Waals surface area contributed by atoms with Crippen LogP contribution in [0.15, 0.2) is 0 Å². The van der Waals surface area contributed by atoms with Crippen LogP contribution in [0.1, 0.15) is 44.9 Å². The number of aliphatic hydroxyl groups is 1. The molecule has 0 radical (unpaired) electrons. The van der Waals surface area contributed by atoms with Gasteiger partial charge in [-0.15, -0.1) is 0 Å². The molecule has 0 amide bonds. The van der Waals surface area contributed by atoms with E-state index in [1.165, 1.54) is 51.5 Å². The summed E-state index contributed by atoms with van der Waals surface area (Å²) in [5.41, 5.74) is 0. The van der Waals surface area contributed by atoms with Crippen molar-refractivity contribution < 1.29 is 5.11 Å². The number of piperidine rings is 1. The molecule has 1 saturated heterocycles. The summed E-state index contributed by atoms with van der Waals surface area (Å²) in [5.74, 6) is 2.14. The molecule has 0 spiro atoms. The van der Waals surface area contributed by atoms with Crippen molar-refractivity contribution in [2.75, 3.05) is 19.7 Å². The van der Waals surface area contributed by atoms with Crippen LogP contribution in [0.4, 0.5) is 0 Å². The number of aliphatic hydroxyl groups excluding tert-OH is 1. The van der Waals surface area contributed by atoms with Gasteiger partial charge in [0.1, 0.15) is 0 Å². The van der Waals surface area contributed by atoms with Crippen molar-refractivity contribution in [1.82, 2.24) is 5.32 Å². The predicted molar refractivity (Wildman–Crippen MR) is 62.7 cm³/mol. The minimum atomic E-state index is 0.414. The minimum Gasteiger partial charge on any atom is -0.396 e. The molecule has 2 nitrogen and oxygen atoms in total. The summed E-state index contributed by atoms with van der Waals surface area (Å²) in [7, 11) is 0. The molecular weight excluding hydrogens is 186 g/mol. The monoisotopic (exact) mass is 211 g/mol. The average Bonchev–Trinajstić information content (AvgIpc) is 2.33. The molecule has 0 aromatic carbocycles. The molecule has 2 N–H and O–H groups in total. The Hall–Kier alpha value is -0.0800. The van der Waals surface area contributed by atoms with Crippen LogP contribution in [-0.2, 0) is 0 Å². The lowest BCUT2D eigenvalue weighted by molar-refractivity contribution is 0.0846. The Balaban J connectivity index is 1.88. The van der Waals surface area contributed by atoms with Crippen LogP contribution in [-0.4, -0.2) is 24.8 Å². The molecule has 2 rings (SSSR count). The molecule has 15 heavy (non-hydrogen) atoms. The maximum absolute atomic E-state index is 9.60. The first kappa shape index (κ1) is 11.4. The normalized spacial score (nSPS) is 31.4. The van der Waals surface area contributed by atoms with Crippen LogP contribution >= 0.6 is 0 Å². The number of nitrogens with one attached hydrogen (secondary N) is 1. The van der Waals surface area contributed by atoms with Gasteiger partial charge in [-0.2, -0.15) is 0 Å². The van der Waals surface area contributed by atoms with Gasteiger partial charge >= 0.3 is 0 Å². The lowest BCUT2D eigenvalue weighted by Crippen LogP contribution is -2.39. The van der Waals surface area contributed by atoms with E-state index in [0.717, 1.165) is 18.4 Å². The van der Waals surface area contributed by atoms with Gasteiger partial charge in [0.2, 0.25) is 0 Å². The third-order valence-corrected chi connectivity index (χ3v) is 4.41. The van der Waals surface area contributed by atoms with E-state index in [2.05, 4.69) is 5.32 Å². The summed E-state index contributed by atoms with van der Waals surface area (Å²) in [6.45, 7) is 2.73. The molecule has 2 unspecified atom stereocenters. The molecule has 2 aliphatic rings. The summed E-state index contributed by atoms with van der Waals surface area (Å²) >= 11 is 0. The predicted octanol–water partition coefficient (Wildman–Crippen LogP) is 2.17. The highest BCUT2D eigenvalue weighted by molar-refractivity contribution is 4.82. The largest absolute Gasteiger partial charge is 0.396 e. The molecule has 88 valence electrons. The second kappa shape index (κ2) is 5.86. The number of hydrogen-bond donors (Lipinski definition) is 2. The lowest BCUT2D eigenvalue weighted by Gasteiger charge is -2.36. The van der Waals surface area contributed by atoms with Gasteiger partial charge in [-0.3, -0.25) is 0 Å². The first-order valence-corrected chi connectivity index (χ1v) is 6.73. The van der Waals surface area contributed by atoms with Gasteiger partial charge in [0.05, 0.1) is 0 Å². The maximum Gasteiger partial charge on any atom is 0.0465 e. The highest BCUT2D eigenvalue weighted by Gasteiger charge is 2.30. The zero-order valence-corrected chi connectivity index (χ0v) is 9.75. The molecular formula is C13H25NO. The van der Waals surface area contributed by atoms with E-state index in [0.29, 0.717) is 12.5 Å². The molecule has 2 atom stereocenters. The average molecular weight is 211 g/mol. The fraction of sp³-hybridized carbons (Fsp3) is 1.00. The van der Waals surface area contributed by atoms with Gasteiger partial charge in [-0.1, -0.05) is 32.1 Å². The standard InChI is InChI=1S/C13H25NO/c15-10-13(11-5-2-1-3-6-11)12-7-4-8-14-9-12/h11-15H,1-10H2. The van der Waals surface area contributed by atoms with E-state index in [1.54, 1.807) is 0 Å². The van der Waals surface area contributed by atoms with Crippen LogP contribution in [0.5, 0.6) is 0 Å². The fourth-order valence-corrected chi connectivity index (χ4v) is 3.49. The van der Waals surface area contributed by atoms with Crippen LogP contribution in [0.25, 0.3) is 0 Å². The van der Waals surface area contributed by atoms with Gasteiger partial charge in [0.25, 0.3) is 0 Å². The Morgan fingerprint density at radius 2 is 1.73 bits per heavy atom. The molecule has 0 bridgehead atoms. The maximum atomic E-state index is 9.60. The van der Waals surface area contributed by atoms with Crippen molar-refractivity contribution >= 4 is 0 Å². The summed E-state index contributed by atoms with van der Waals surface area (Å²) in [6.07, 6.45) is 9.55. The van der Waals surface area contributed by atoms with Gasteiger partial charge in [-0.25, -0.2) is 0 Å². The van der Waals surface area contributed by atoms with Crippen molar-refractivity contribution in [3.05, 3.63) is 0 Å². The Morgan fingerprint density at radius 1 is 1.00 bits per heavy atom. The van der Waals surface area contributed by atoms with E-state index in [9.17, 15) is 5.11 Å². The first-order chi connectivity index (χ1) is 7.42. The Bertz CT molecular complexity index is 153. The molecule has 1 saturated carbocycles. The van der Waals surface area contributed by atoms with Gasteiger partial charge in [-0.05, 0) is 43.7 Å². The fourth-order valence-electron chi connectivity index (χ4n) is 3.49. The van der Waals surface area contributed by atoms with Crippen molar-refractivity contribution in [2.24, 2.45) is 17.8 Å². The highest BCUT2D eigenvalue weighted by Crippen LogP contribution is 2.35. The van der Waals surface area contributed by atoms with Crippen LogP contribution in [0, 0.1) is 17.8 Å². The number of rotatable bonds is 3. The first-order valence-electron chi connectivity index (χ1n) is 6.73. The van der Waals surface area contributed by atoms with Crippen LogP contribution in [0.2, 0.25) is 0 Å². The van der Waals surface area contributed by atoms with Gasteiger partial charge < -0.3 is 10.4 Å². The van der Waals surface area contributed by atoms with Crippen molar-refractivity contribution in [3.8, 4) is 0 Å². The van der Waals surface area contributed by atoms with Crippen LogP contribution < -0.4 is 5.32 Å². The van der Waals surface area contributed by atoms with Crippen molar-refractivity contribution in [2.45, 2.75) is 44.9 Å². The Morgan fingerprint density at radius 3 is 2.33 bits per heavy atom. The van der Waals surface area contributed by atoms with E-state index in [1.807, 2.05) is 0 Å². The second-order valence-corrected chi connectivity index (χ2v) is 5.35. The molecule has 2 fully saturated rings. The summed E-state index contributed by atoms with van der Waals surface area (Å²) < 4.78 is 0. The summed E-state index contributed by atoms with van der Waals surface area (Å²) in [5, 5.41) is 13.1. The van der Waals surface area contributed by atoms with Crippen LogP contribution in [0.3, 0.4) is 0 Å². The smallest absolute Gasteiger partial charge is 0.0465 e. The summed E-state index contributed by atoms with van der Waals surface area (Å²) in [6, 6.07) is 0. The molecule has 1 heterocycles. The molecule has 2 heteroatoms. The molecule has 0 aromatic rings. The van der Waals surface area contributed by atoms with Crippen molar-refractivity contribution in [1.29, 1.82) is 0 Å². The number of hydrogen-bond acceptors (Lipinski definition) is 2. The second-order valence-electron chi connectivity index (χ2n) is 5.35. The zero-order valence-electron chi connectivity index (χ0n) is 9.75. The SMILES string of the molecule is OCC(C1CCCCC1)C1CCCNC1. The van der Waals surface area contributed by atoms with E-state index in [4.69, 9.17) is 0 Å². The van der Waals surface area contributed by atoms with E-state index < -0.39 is 0 Å². The van der Waals surface area contributed by atoms with Crippen molar-refractivity contribution in [3.63, 3.8) is 0 Å². The zero-order chi connectivity index (χ0) is 10.5. The topological polar surface area (TPSA) is 32.3 Å². The van der Waals surface area contributed by atoms with Gasteiger partial charge in [0.15, 0.2) is 0 Å². The van der Waals surface area contributed by atoms with E-state index in [-0.39, 0.29) is 0 Å². The Kier molecular flexibility index (Phi) is 4.45. The Labute approximate surface area is 93.5 Å². The quantitative estimate of drug-likeness (QED) is 0.750.